The van der Waals surface area contributed by atoms with Crippen LogP contribution in [0.5, 0.6) is 0 Å². The van der Waals surface area contributed by atoms with Crippen molar-refractivity contribution in [3.05, 3.63) is 70.0 Å². The molecule has 2 heterocycles. The number of hydrogen-bond acceptors (Lipinski definition) is 4. The normalized spacial score (nSPS) is 11.9. The van der Waals surface area contributed by atoms with Gasteiger partial charge in [0.25, 0.3) is 5.56 Å². The van der Waals surface area contributed by atoms with Gasteiger partial charge in [-0.3, -0.25) is 13.8 Å². The highest BCUT2D eigenvalue weighted by atomic mass is 32.2. The van der Waals surface area contributed by atoms with Gasteiger partial charge >= 0.3 is 0 Å². The molecule has 0 atom stereocenters. The summed E-state index contributed by atoms with van der Waals surface area (Å²) in [7, 11) is 0. The smallest absolute Gasteiger partial charge is 0.262 e. The Morgan fingerprint density at radius 3 is 2.40 bits per heavy atom. The molecule has 0 fully saturated rings. The minimum atomic E-state index is 0.00646. The Kier molecular flexibility index (Phi) is 5.95. The van der Waals surface area contributed by atoms with Gasteiger partial charge in [-0.15, -0.1) is 10.2 Å². The van der Waals surface area contributed by atoms with Crippen molar-refractivity contribution in [2.45, 2.75) is 57.5 Å². The molecule has 0 bridgehead atoms. The van der Waals surface area contributed by atoms with Crippen molar-refractivity contribution < 1.29 is 0 Å². The Bertz CT molecular complexity index is 1220. The molecule has 0 N–H and O–H groups in total. The lowest BCUT2D eigenvalue weighted by atomic mass is 10.0. The molecular formula is C24H28N4OS. The molecule has 0 aliphatic carbocycles. The Balaban J connectivity index is 1.73. The van der Waals surface area contributed by atoms with Crippen LogP contribution >= 0.6 is 11.8 Å². The maximum absolute atomic E-state index is 13.1. The predicted octanol–water partition coefficient (Wildman–Crippen LogP) is 5.51. The molecule has 2 aromatic heterocycles. The number of aryl methyl sites for hydroxylation is 1. The highest BCUT2D eigenvalue weighted by Crippen LogP contribution is 2.25. The van der Waals surface area contributed by atoms with Crippen LogP contribution in [0, 0.1) is 5.92 Å². The SMILES string of the molecule is CC(C)CCn1c(=O)c2ccccc2n2c(SCc3ccc(C(C)C)cc3)nnc12. The molecule has 0 unspecified atom stereocenters. The van der Waals surface area contributed by atoms with E-state index in [2.05, 4.69) is 62.2 Å². The Labute approximate surface area is 181 Å². The number of hydrogen-bond donors (Lipinski definition) is 0. The highest BCUT2D eigenvalue weighted by molar-refractivity contribution is 7.98. The topological polar surface area (TPSA) is 52.2 Å². The molecule has 0 radical (unpaired) electrons. The quantitative estimate of drug-likeness (QED) is 0.370. The van der Waals surface area contributed by atoms with Crippen LogP contribution in [-0.4, -0.2) is 19.2 Å². The van der Waals surface area contributed by atoms with Crippen LogP contribution in [0.25, 0.3) is 16.7 Å². The first-order chi connectivity index (χ1) is 14.5. The van der Waals surface area contributed by atoms with Gasteiger partial charge < -0.3 is 0 Å². The van der Waals surface area contributed by atoms with Crippen molar-refractivity contribution in [1.82, 2.24) is 19.2 Å². The van der Waals surface area contributed by atoms with E-state index in [0.717, 1.165) is 22.8 Å². The second-order valence-corrected chi connectivity index (χ2v) is 9.40. The molecule has 4 aromatic rings. The Morgan fingerprint density at radius 1 is 0.967 bits per heavy atom. The van der Waals surface area contributed by atoms with Crippen LogP contribution in [0.3, 0.4) is 0 Å². The summed E-state index contributed by atoms with van der Waals surface area (Å²) in [6, 6.07) is 16.5. The molecule has 0 saturated carbocycles. The van der Waals surface area contributed by atoms with E-state index in [9.17, 15) is 4.79 Å². The van der Waals surface area contributed by atoms with Crippen LogP contribution < -0.4 is 5.56 Å². The molecular weight excluding hydrogens is 392 g/mol. The molecule has 0 amide bonds. The van der Waals surface area contributed by atoms with Gasteiger partial charge in [0.15, 0.2) is 5.16 Å². The van der Waals surface area contributed by atoms with Gasteiger partial charge in [0, 0.05) is 12.3 Å². The minimum absolute atomic E-state index is 0.00646. The third kappa shape index (κ3) is 4.01. The molecule has 6 heteroatoms. The summed E-state index contributed by atoms with van der Waals surface area (Å²) in [4.78, 5) is 13.1. The van der Waals surface area contributed by atoms with Crippen molar-refractivity contribution in [3.63, 3.8) is 0 Å². The van der Waals surface area contributed by atoms with E-state index in [0.29, 0.717) is 29.5 Å². The molecule has 0 aliphatic heterocycles. The maximum atomic E-state index is 13.1. The van der Waals surface area contributed by atoms with Crippen LogP contribution in [0.1, 0.15) is 51.2 Å². The number of aromatic nitrogens is 4. The average Bonchev–Trinajstić information content (AvgIpc) is 3.16. The molecule has 156 valence electrons. The molecule has 2 aromatic carbocycles. The van der Waals surface area contributed by atoms with Crippen molar-refractivity contribution in [2.24, 2.45) is 5.92 Å². The third-order valence-electron chi connectivity index (χ3n) is 5.42. The standard InChI is InChI=1S/C24H28N4OS/c1-16(2)13-14-27-22(29)20-7-5-6-8-21(20)28-23(27)25-26-24(28)30-15-18-9-11-19(12-10-18)17(3)4/h5-12,16-17H,13-15H2,1-4H3. The van der Waals surface area contributed by atoms with Crippen LogP contribution in [0.2, 0.25) is 0 Å². The summed E-state index contributed by atoms with van der Waals surface area (Å²) in [5.74, 6) is 2.46. The van der Waals surface area contributed by atoms with Gasteiger partial charge in [-0.1, -0.05) is 75.9 Å². The third-order valence-corrected chi connectivity index (χ3v) is 6.42. The van der Waals surface area contributed by atoms with Gasteiger partial charge in [-0.2, -0.15) is 0 Å². The lowest BCUT2D eigenvalue weighted by molar-refractivity contribution is 0.512. The first-order valence-electron chi connectivity index (χ1n) is 10.5. The molecule has 0 spiro atoms. The van der Waals surface area contributed by atoms with E-state index in [1.807, 2.05) is 28.7 Å². The zero-order valence-corrected chi connectivity index (χ0v) is 18.8. The first-order valence-corrected chi connectivity index (χ1v) is 11.5. The van der Waals surface area contributed by atoms with Crippen molar-refractivity contribution in [1.29, 1.82) is 0 Å². The summed E-state index contributed by atoms with van der Waals surface area (Å²) >= 11 is 1.65. The van der Waals surface area contributed by atoms with E-state index in [1.54, 1.807) is 16.3 Å². The largest absolute Gasteiger partial charge is 0.276 e. The summed E-state index contributed by atoms with van der Waals surface area (Å²) in [6.45, 7) is 9.38. The summed E-state index contributed by atoms with van der Waals surface area (Å²) in [6.07, 6.45) is 0.922. The maximum Gasteiger partial charge on any atom is 0.262 e. The number of para-hydroxylation sites is 1. The number of nitrogens with zero attached hydrogens (tertiary/aromatic N) is 4. The fraction of sp³-hybridized carbons (Fsp3) is 0.375. The zero-order valence-electron chi connectivity index (χ0n) is 18.0. The first kappa shape index (κ1) is 20.7. The lowest BCUT2D eigenvalue weighted by Gasteiger charge is -2.12. The van der Waals surface area contributed by atoms with Gasteiger partial charge in [0.05, 0.1) is 10.9 Å². The molecule has 0 aliphatic rings. The summed E-state index contributed by atoms with van der Waals surface area (Å²) in [5, 5.41) is 10.4. The zero-order chi connectivity index (χ0) is 21.3. The monoisotopic (exact) mass is 420 g/mol. The number of fused-ring (bicyclic) bond motifs is 3. The van der Waals surface area contributed by atoms with E-state index < -0.39 is 0 Å². The van der Waals surface area contributed by atoms with Crippen LogP contribution in [-0.2, 0) is 12.3 Å². The fourth-order valence-electron chi connectivity index (χ4n) is 3.56. The number of benzene rings is 2. The average molecular weight is 421 g/mol. The Hall–Kier alpha value is -2.60. The second-order valence-electron chi connectivity index (χ2n) is 8.46. The number of thioether (sulfide) groups is 1. The lowest BCUT2D eigenvalue weighted by Crippen LogP contribution is -2.24. The molecule has 0 saturated heterocycles. The van der Waals surface area contributed by atoms with Gasteiger partial charge in [0.2, 0.25) is 5.78 Å². The van der Waals surface area contributed by atoms with E-state index in [4.69, 9.17) is 0 Å². The summed E-state index contributed by atoms with van der Waals surface area (Å²) in [5.41, 5.74) is 3.46. The van der Waals surface area contributed by atoms with Gasteiger partial charge in [-0.25, -0.2) is 0 Å². The van der Waals surface area contributed by atoms with Crippen LogP contribution in [0.15, 0.2) is 58.5 Å². The van der Waals surface area contributed by atoms with E-state index >= 15 is 0 Å². The second kappa shape index (κ2) is 8.64. The number of rotatable bonds is 7. The minimum Gasteiger partial charge on any atom is -0.276 e. The van der Waals surface area contributed by atoms with Crippen molar-refractivity contribution in [3.8, 4) is 0 Å². The molecule has 5 nitrogen and oxygen atoms in total. The summed E-state index contributed by atoms with van der Waals surface area (Å²) < 4.78 is 3.81. The van der Waals surface area contributed by atoms with Gasteiger partial charge in [0.1, 0.15) is 0 Å². The fourth-order valence-corrected chi connectivity index (χ4v) is 4.46. The van der Waals surface area contributed by atoms with Crippen LogP contribution in [0.4, 0.5) is 0 Å². The van der Waals surface area contributed by atoms with E-state index in [-0.39, 0.29) is 5.56 Å². The van der Waals surface area contributed by atoms with E-state index in [1.165, 1.54) is 11.1 Å². The van der Waals surface area contributed by atoms with Crippen molar-refractivity contribution in [2.75, 3.05) is 0 Å². The van der Waals surface area contributed by atoms with Crippen molar-refractivity contribution >= 4 is 28.4 Å². The molecule has 30 heavy (non-hydrogen) atoms. The highest BCUT2D eigenvalue weighted by Gasteiger charge is 2.17. The molecule has 4 rings (SSSR count). The van der Waals surface area contributed by atoms with Gasteiger partial charge in [-0.05, 0) is 41.5 Å². The Morgan fingerprint density at radius 2 is 1.70 bits per heavy atom. The predicted molar refractivity (Wildman–Crippen MR) is 124 cm³/mol.